The summed E-state index contributed by atoms with van der Waals surface area (Å²) in [5.74, 6) is 2.64. The molecule has 1 aromatic heterocycles. The van der Waals surface area contributed by atoms with E-state index in [-0.39, 0.29) is 5.92 Å². The van der Waals surface area contributed by atoms with Crippen LogP contribution in [-0.4, -0.2) is 16.7 Å². The Hall–Kier alpha value is -1.68. The number of aromatic nitrogens is 2. The predicted octanol–water partition coefficient (Wildman–Crippen LogP) is 2.28. The average molecular weight is 243 g/mol. The van der Waals surface area contributed by atoms with Crippen LogP contribution in [0.5, 0.6) is 0 Å². The van der Waals surface area contributed by atoms with Crippen molar-refractivity contribution < 1.29 is 4.52 Å². The van der Waals surface area contributed by atoms with Crippen molar-refractivity contribution in [2.75, 3.05) is 6.54 Å². The monoisotopic (exact) mass is 243 g/mol. The normalized spacial score (nSPS) is 23.9. The van der Waals surface area contributed by atoms with Crippen molar-refractivity contribution in [3.8, 4) is 0 Å². The lowest BCUT2D eigenvalue weighted by atomic mass is 9.99. The molecule has 2 N–H and O–H groups in total. The van der Waals surface area contributed by atoms with E-state index in [1.807, 2.05) is 30.3 Å². The molecule has 4 heteroatoms. The lowest BCUT2D eigenvalue weighted by molar-refractivity contribution is 0.361. The fraction of sp³-hybridized carbons (Fsp3) is 0.429. The topological polar surface area (TPSA) is 64.9 Å². The van der Waals surface area contributed by atoms with Crippen LogP contribution in [0.4, 0.5) is 0 Å². The summed E-state index contributed by atoms with van der Waals surface area (Å²) in [7, 11) is 0. The van der Waals surface area contributed by atoms with Crippen molar-refractivity contribution >= 4 is 0 Å². The molecule has 1 saturated carbocycles. The van der Waals surface area contributed by atoms with Crippen molar-refractivity contribution in [3.05, 3.63) is 47.6 Å². The highest BCUT2D eigenvalue weighted by atomic mass is 16.5. The molecule has 0 saturated heterocycles. The van der Waals surface area contributed by atoms with Crippen LogP contribution in [0.25, 0.3) is 0 Å². The summed E-state index contributed by atoms with van der Waals surface area (Å²) >= 11 is 0. The highest BCUT2D eigenvalue weighted by Crippen LogP contribution is 2.45. The predicted molar refractivity (Wildman–Crippen MR) is 68.2 cm³/mol. The van der Waals surface area contributed by atoms with Gasteiger partial charge in [-0.2, -0.15) is 4.98 Å². The van der Waals surface area contributed by atoms with Gasteiger partial charge in [0.1, 0.15) is 0 Å². The minimum Gasteiger partial charge on any atom is -0.339 e. The SMILES string of the molecule is CC1CC1c1noc(C(CN)c2ccccc2)n1. The van der Waals surface area contributed by atoms with Gasteiger partial charge in [-0.1, -0.05) is 42.4 Å². The van der Waals surface area contributed by atoms with E-state index in [1.165, 1.54) is 0 Å². The molecule has 0 amide bonds. The smallest absolute Gasteiger partial charge is 0.235 e. The van der Waals surface area contributed by atoms with Gasteiger partial charge in [0.15, 0.2) is 5.82 Å². The third-order valence-electron chi connectivity index (χ3n) is 3.63. The number of hydrogen-bond acceptors (Lipinski definition) is 4. The Labute approximate surface area is 106 Å². The van der Waals surface area contributed by atoms with Crippen LogP contribution < -0.4 is 5.73 Å². The first-order valence-electron chi connectivity index (χ1n) is 6.38. The lowest BCUT2D eigenvalue weighted by Crippen LogP contribution is -2.14. The molecule has 18 heavy (non-hydrogen) atoms. The van der Waals surface area contributed by atoms with Crippen molar-refractivity contribution in [1.82, 2.24) is 10.1 Å². The quantitative estimate of drug-likeness (QED) is 0.894. The van der Waals surface area contributed by atoms with E-state index in [0.717, 1.165) is 17.8 Å². The van der Waals surface area contributed by atoms with Gasteiger partial charge in [-0.3, -0.25) is 0 Å². The van der Waals surface area contributed by atoms with Crippen molar-refractivity contribution in [2.45, 2.75) is 25.2 Å². The minimum absolute atomic E-state index is 0.00139. The molecule has 3 atom stereocenters. The molecule has 1 aliphatic rings. The first-order valence-corrected chi connectivity index (χ1v) is 6.38. The van der Waals surface area contributed by atoms with E-state index < -0.39 is 0 Å². The number of nitrogens with two attached hydrogens (primary N) is 1. The zero-order chi connectivity index (χ0) is 12.5. The third-order valence-corrected chi connectivity index (χ3v) is 3.63. The molecule has 94 valence electrons. The van der Waals surface area contributed by atoms with E-state index in [9.17, 15) is 0 Å². The largest absolute Gasteiger partial charge is 0.339 e. The zero-order valence-corrected chi connectivity index (χ0v) is 10.4. The summed E-state index contributed by atoms with van der Waals surface area (Å²) < 4.78 is 5.38. The van der Waals surface area contributed by atoms with Crippen LogP contribution >= 0.6 is 0 Å². The molecule has 3 rings (SSSR count). The summed E-state index contributed by atoms with van der Waals surface area (Å²) in [5, 5.41) is 4.08. The second-order valence-corrected chi connectivity index (χ2v) is 5.01. The zero-order valence-electron chi connectivity index (χ0n) is 10.4. The maximum Gasteiger partial charge on any atom is 0.235 e. The molecule has 4 nitrogen and oxygen atoms in total. The Bertz CT molecular complexity index is 523. The van der Waals surface area contributed by atoms with Gasteiger partial charge in [0.2, 0.25) is 5.89 Å². The Balaban J connectivity index is 1.86. The summed E-state index contributed by atoms with van der Waals surface area (Å²) in [5.41, 5.74) is 6.96. The molecule has 1 fully saturated rings. The summed E-state index contributed by atoms with van der Waals surface area (Å²) in [6, 6.07) is 10.1. The van der Waals surface area contributed by atoms with E-state index in [4.69, 9.17) is 10.3 Å². The van der Waals surface area contributed by atoms with Crippen LogP contribution in [0.1, 0.15) is 42.5 Å². The second-order valence-electron chi connectivity index (χ2n) is 5.01. The van der Waals surface area contributed by atoms with Gasteiger partial charge >= 0.3 is 0 Å². The van der Waals surface area contributed by atoms with Gasteiger partial charge in [0.05, 0.1) is 5.92 Å². The molecule has 3 unspecified atom stereocenters. The molecule has 1 heterocycles. The highest BCUT2D eigenvalue weighted by Gasteiger charge is 2.38. The molecular formula is C14H17N3O. The van der Waals surface area contributed by atoms with Gasteiger partial charge in [-0.25, -0.2) is 0 Å². The molecular weight excluding hydrogens is 226 g/mol. The minimum atomic E-state index is 0.00139. The van der Waals surface area contributed by atoms with Crippen LogP contribution in [0.15, 0.2) is 34.9 Å². The van der Waals surface area contributed by atoms with Crippen molar-refractivity contribution in [3.63, 3.8) is 0 Å². The Kier molecular flexibility index (Phi) is 2.88. The number of nitrogens with zero attached hydrogens (tertiary/aromatic N) is 2. The Morgan fingerprint density at radius 1 is 1.39 bits per heavy atom. The molecule has 0 spiro atoms. The molecule has 1 aliphatic carbocycles. The highest BCUT2D eigenvalue weighted by molar-refractivity contribution is 5.25. The van der Waals surface area contributed by atoms with Gasteiger partial charge in [-0.15, -0.1) is 0 Å². The van der Waals surface area contributed by atoms with Crippen LogP contribution in [0.2, 0.25) is 0 Å². The maximum atomic E-state index is 5.84. The van der Waals surface area contributed by atoms with E-state index in [0.29, 0.717) is 24.3 Å². The van der Waals surface area contributed by atoms with E-state index in [2.05, 4.69) is 17.1 Å². The third kappa shape index (κ3) is 2.04. The number of benzene rings is 1. The second kappa shape index (κ2) is 4.53. The molecule has 0 aliphatic heterocycles. The average Bonchev–Trinajstić information content (AvgIpc) is 2.94. The van der Waals surface area contributed by atoms with Crippen LogP contribution in [0.3, 0.4) is 0 Å². The summed E-state index contributed by atoms with van der Waals surface area (Å²) in [6.07, 6.45) is 1.16. The fourth-order valence-electron chi connectivity index (χ4n) is 2.29. The molecule has 0 bridgehead atoms. The first kappa shape index (κ1) is 11.4. The number of rotatable bonds is 4. The van der Waals surface area contributed by atoms with E-state index in [1.54, 1.807) is 0 Å². The molecule has 2 aromatic rings. The van der Waals surface area contributed by atoms with Crippen LogP contribution in [0, 0.1) is 5.92 Å². The lowest BCUT2D eigenvalue weighted by Gasteiger charge is -2.09. The molecule has 1 aromatic carbocycles. The van der Waals surface area contributed by atoms with Gasteiger partial charge in [0.25, 0.3) is 0 Å². The van der Waals surface area contributed by atoms with Crippen molar-refractivity contribution in [1.29, 1.82) is 0 Å². The fourth-order valence-corrected chi connectivity index (χ4v) is 2.29. The van der Waals surface area contributed by atoms with Gasteiger partial charge in [0, 0.05) is 12.5 Å². The standard InChI is InChI=1S/C14H17N3O/c1-9-7-11(9)13-16-14(18-17-13)12(8-15)10-5-3-2-4-6-10/h2-6,9,11-12H,7-8,15H2,1H3. The van der Waals surface area contributed by atoms with Gasteiger partial charge < -0.3 is 10.3 Å². The van der Waals surface area contributed by atoms with Crippen LogP contribution in [-0.2, 0) is 0 Å². The number of hydrogen-bond donors (Lipinski definition) is 1. The summed E-state index contributed by atoms with van der Waals surface area (Å²) in [4.78, 5) is 4.51. The van der Waals surface area contributed by atoms with Crippen molar-refractivity contribution in [2.24, 2.45) is 11.7 Å². The Morgan fingerprint density at radius 3 is 2.72 bits per heavy atom. The Morgan fingerprint density at radius 2 is 2.11 bits per heavy atom. The summed E-state index contributed by atoms with van der Waals surface area (Å²) in [6.45, 7) is 2.68. The first-order chi connectivity index (χ1) is 8.79. The van der Waals surface area contributed by atoms with Gasteiger partial charge in [-0.05, 0) is 17.9 Å². The maximum absolute atomic E-state index is 5.84. The van der Waals surface area contributed by atoms with E-state index >= 15 is 0 Å². The molecule has 0 radical (unpaired) electrons.